The number of nitrogens with zero attached hydrogens (tertiary/aromatic N) is 1. The van der Waals surface area contributed by atoms with Crippen molar-refractivity contribution in [1.29, 1.82) is 0 Å². The molecule has 0 aromatic carbocycles. The molecule has 0 saturated carbocycles. The summed E-state index contributed by atoms with van der Waals surface area (Å²) in [4.78, 5) is 4.10. The largest absolute Gasteiger partial charge is 0.366 e. The van der Waals surface area contributed by atoms with Crippen LogP contribution in [0.1, 0.15) is 13.8 Å². The average Bonchev–Trinajstić information content (AvgIpc) is 2.23. The molecule has 6 heteroatoms. The van der Waals surface area contributed by atoms with E-state index in [-0.39, 0.29) is 11.2 Å². The van der Waals surface area contributed by atoms with Crippen molar-refractivity contribution in [1.82, 2.24) is 4.98 Å². The summed E-state index contributed by atoms with van der Waals surface area (Å²) in [5.41, 5.74) is 0. The van der Waals surface area contributed by atoms with Crippen LogP contribution in [0.3, 0.4) is 0 Å². The quantitative estimate of drug-likeness (QED) is 0.805. The van der Waals surface area contributed by atoms with Gasteiger partial charge in [0.1, 0.15) is 11.0 Å². The molecule has 1 aromatic heterocycles. The molecule has 2 nitrogen and oxygen atoms in total. The van der Waals surface area contributed by atoms with Crippen LogP contribution in [-0.2, 0) is 0 Å². The molecule has 0 bridgehead atoms. The topological polar surface area (TPSA) is 24.9 Å². The zero-order valence-corrected chi connectivity index (χ0v) is 12.1. The minimum Gasteiger partial charge on any atom is -0.366 e. The van der Waals surface area contributed by atoms with E-state index in [1.54, 1.807) is 6.07 Å². The molecule has 16 heavy (non-hydrogen) atoms. The summed E-state index contributed by atoms with van der Waals surface area (Å²) >= 11 is 19.5. The predicted molar refractivity (Wildman–Crippen MR) is 75.4 cm³/mol. The van der Waals surface area contributed by atoms with Gasteiger partial charge in [-0.3, -0.25) is 0 Å². The van der Waals surface area contributed by atoms with Gasteiger partial charge in [0.25, 0.3) is 0 Å². The summed E-state index contributed by atoms with van der Waals surface area (Å²) < 4.78 is 0. The van der Waals surface area contributed by atoms with Crippen LogP contribution >= 0.6 is 46.6 Å². The molecule has 1 heterocycles. The van der Waals surface area contributed by atoms with Crippen molar-refractivity contribution in [3.63, 3.8) is 0 Å². The van der Waals surface area contributed by atoms with E-state index in [2.05, 4.69) is 24.1 Å². The van der Waals surface area contributed by atoms with Crippen LogP contribution < -0.4 is 5.32 Å². The lowest BCUT2D eigenvalue weighted by Gasteiger charge is -2.15. The number of pyridine rings is 1. The first-order chi connectivity index (χ1) is 7.54. The van der Waals surface area contributed by atoms with Crippen molar-refractivity contribution < 1.29 is 0 Å². The summed E-state index contributed by atoms with van der Waals surface area (Å²) in [6, 6.07) is 1.88. The van der Waals surface area contributed by atoms with Crippen molar-refractivity contribution in [2.45, 2.75) is 19.9 Å². The van der Waals surface area contributed by atoms with Crippen molar-refractivity contribution in [2.75, 3.05) is 16.8 Å². The van der Waals surface area contributed by atoms with Gasteiger partial charge >= 0.3 is 0 Å². The van der Waals surface area contributed by atoms with E-state index >= 15 is 0 Å². The SMILES string of the molecule is CCSCC(C)Nc1nc(Cl)c(Cl)cc1Cl. The van der Waals surface area contributed by atoms with Crippen LogP contribution in [0.2, 0.25) is 15.2 Å². The third-order valence-electron chi connectivity index (χ3n) is 1.84. The van der Waals surface area contributed by atoms with E-state index in [0.29, 0.717) is 15.9 Å². The molecule has 1 unspecified atom stereocenters. The van der Waals surface area contributed by atoms with Gasteiger partial charge in [-0.15, -0.1) is 0 Å². The van der Waals surface area contributed by atoms with Crippen LogP contribution in [-0.4, -0.2) is 22.5 Å². The van der Waals surface area contributed by atoms with E-state index in [9.17, 15) is 0 Å². The lowest BCUT2D eigenvalue weighted by molar-refractivity contribution is 0.902. The molecule has 0 saturated heterocycles. The zero-order chi connectivity index (χ0) is 12.1. The van der Waals surface area contributed by atoms with Gasteiger partial charge in [-0.2, -0.15) is 11.8 Å². The molecule has 1 atom stereocenters. The Morgan fingerprint density at radius 1 is 1.38 bits per heavy atom. The highest BCUT2D eigenvalue weighted by atomic mass is 35.5. The number of aromatic nitrogens is 1. The molecule has 0 spiro atoms. The predicted octanol–water partition coefficient (Wildman–Crippen LogP) is 4.60. The number of rotatable bonds is 5. The van der Waals surface area contributed by atoms with E-state index in [0.717, 1.165) is 11.5 Å². The normalized spacial score (nSPS) is 12.6. The van der Waals surface area contributed by atoms with Crippen LogP contribution in [0.25, 0.3) is 0 Å². The second kappa shape index (κ2) is 6.80. The van der Waals surface area contributed by atoms with Gasteiger partial charge in [-0.1, -0.05) is 41.7 Å². The first-order valence-corrected chi connectivity index (χ1v) is 7.19. The van der Waals surface area contributed by atoms with Gasteiger partial charge in [-0.05, 0) is 18.7 Å². The molecule has 0 aliphatic rings. The molecule has 0 amide bonds. The number of nitrogens with one attached hydrogen (secondary N) is 1. The maximum Gasteiger partial charge on any atom is 0.150 e. The summed E-state index contributed by atoms with van der Waals surface area (Å²) in [6.07, 6.45) is 0. The average molecular weight is 300 g/mol. The van der Waals surface area contributed by atoms with Gasteiger partial charge in [-0.25, -0.2) is 4.98 Å². The lowest BCUT2D eigenvalue weighted by Crippen LogP contribution is -2.19. The van der Waals surface area contributed by atoms with Crippen molar-refractivity contribution in [3.05, 3.63) is 21.3 Å². The Kier molecular flexibility index (Phi) is 6.05. The minimum atomic E-state index is 0.268. The minimum absolute atomic E-state index is 0.268. The number of halogens is 3. The van der Waals surface area contributed by atoms with E-state index in [1.807, 2.05) is 11.8 Å². The summed E-state index contributed by atoms with van der Waals surface area (Å²) in [7, 11) is 0. The molecule has 1 aromatic rings. The first-order valence-electron chi connectivity index (χ1n) is 4.90. The van der Waals surface area contributed by atoms with Gasteiger partial charge in [0.15, 0.2) is 0 Å². The molecule has 90 valence electrons. The summed E-state index contributed by atoms with van der Waals surface area (Å²) in [5.74, 6) is 2.67. The second-order valence-corrected chi connectivity index (χ2v) is 5.79. The zero-order valence-electron chi connectivity index (χ0n) is 9.06. The maximum absolute atomic E-state index is 6.00. The monoisotopic (exact) mass is 298 g/mol. The van der Waals surface area contributed by atoms with Gasteiger partial charge in [0.2, 0.25) is 0 Å². The molecule has 0 aliphatic heterocycles. The smallest absolute Gasteiger partial charge is 0.150 e. The Labute approximate surface area is 115 Å². The standard InChI is InChI=1S/C10H13Cl3N2S/c1-3-16-5-6(2)14-10-8(12)4-7(11)9(13)15-10/h4,6H,3,5H2,1-2H3,(H,14,15). The van der Waals surface area contributed by atoms with E-state index in [1.165, 1.54) is 0 Å². The third kappa shape index (κ3) is 4.21. The Hall–Kier alpha value is 0.170. The Morgan fingerprint density at radius 3 is 2.69 bits per heavy atom. The molecular weight excluding hydrogens is 287 g/mol. The molecule has 0 fully saturated rings. The molecule has 0 aliphatic carbocycles. The lowest BCUT2D eigenvalue weighted by atomic mass is 10.3. The number of hydrogen-bond acceptors (Lipinski definition) is 3. The molecule has 0 radical (unpaired) electrons. The van der Waals surface area contributed by atoms with Gasteiger partial charge in [0.05, 0.1) is 10.0 Å². The first kappa shape index (κ1) is 14.2. The Bertz CT molecular complexity index is 360. The number of anilines is 1. The van der Waals surface area contributed by atoms with Crippen LogP contribution in [0, 0.1) is 0 Å². The molecule has 1 rings (SSSR count). The third-order valence-corrected chi connectivity index (χ3v) is 3.95. The fraction of sp³-hybridized carbons (Fsp3) is 0.500. The molecular formula is C10H13Cl3N2S. The number of hydrogen-bond donors (Lipinski definition) is 1. The second-order valence-electron chi connectivity index (χ2n) is 3.30. The van der Waals surface area contributed by atoms with Gasteiger partial charge < -0.3 is 5.32 Å². The van der Waals surface area contributed by atoms with Crippen molar-refractivity contribution >= 4 is 52.4 Å². The number of thioether (sulfide) groups is 1. The highest BCUT2D eigenvalue weighted by molar-refractivity contribution is 7.99. The van der Waals surface area contributed by atoms with Crippen LogP contribution in [0.5, 0.6) is 0 Å². The highest BCUT2D eigenvalue weighted by Crippen LogP contribution is 2.29. The fourth-order valence-electron chi connectivity index (χ4n) is 1.12. The highest BCUT2D eigenvalue weighted by Gasteiger charge is 2.10. The van der Waals surface area contributed by atoms with Gasteiger partial charge in [0, 0.05) is 11.8 Å². The molecule has 1 N–H and O–H groups in total. The Morgan fingerprint density at radius 2 is 2.06 bits per heavy atom. The summed E-state index contributed by atoms with van der Waals surface area (Å²) in [6.45, 7) is 4.20. The summed E-state index contributed by atoms with van der Waals surface area (Å²) in [5, 5.41) is 4.33. The van der Waals surface area contributed by atoms with Crippen LogP contribution in [0.15, 0.2) is 6.07 Å². The Balaban J connectivity index is 2.69. The maximum atomic E-state index is 6.00. The van der Waals surface area contributed by atoms with Crippen LogP contribution in [0.4, 0.5) is 5.82 Å². The fourth-order valence-corrected chi connectivity index (χ4v) is 2.34. The van der Waals surface area contributed by atoms with Crippen molar-refractivity contribution in [3.8, 4) is 0 Å². The van der Waals surface area contributed by atoms with E-state index < -0.39 is 0 Å². The van der Waals surface area contributed by atoms with Crippen molar-refractivity contribution in [2.24, 2.45) is 0 Å². The van der Waals surface area contributed by atoms with E-state index in [4.69, 9.17) is 34.8 Å².